The van der Waals surface area contributed by atoms with E-state index in [4.69, 9.17) is 4.74 Å². The van der Waals surface area contributed by atoms with E-state index in [-0.39, 0.29) is 11.4 Å². The minimum absolute atomic E-state index is 0.123. The van der Waals surface area contributed by atoms with Gasteiger partial charge >= 0.3 is 0 Å². The predicted octanol–water partition coefficient (Wildman–Crippen LogP) is 3.30. The summed E-state index contributed by atoms with van der Waals surface area (Å²) >= 11 is 1.29. The molecule has 7 nitrogen and oxygen atoms in total. The fourth-order valence-electron chi connectivity index (χ4n) is 3.46. The quantitative estimate of drug-likeness (QED) is 0.632. The zero-order valence-corrected chi connectivity index (χ0v) is 17.9. The Balaban J connectivity index is 1.68. The molecule has 1 atom stereocenters. The van der Waals surface area contributed by atoms with Crippen molar-refractivity contribution in [3.8, 4) is 5.75 Å². The SMILES string of the molecule is CCOc1ccc(S(=O)(=O)N2Cc3ccccc3CC2C(=O)Nc2nccs2)cc1. The number of hydrogen-bond acceptors (Lipinski definition) is 6. The highest BCUT2D eigenvalue weighted by molar-refractivity contribution is 7.89. The minimum Gasteiger partial charge on any atom is -0.494 e. The second-order valence-electron chi connectivity index (χ2n) is 6.77. The zero-order chi connectivity index (χ0) is 21.1. The highest BCUT2D eigenvalue weighted by atomic mass is 32.2. The van der Waals surface area contributed by atoms with Crippen LogP contribution in [-0.4, -0.2) is 36.3 Å². The molecule has 3 aromatic rings. The molecule has 1 N–H and O–H groups in total. The largest absolute Gasteiger partial charge is 0.494 e. The topological polar surface area (TPSA) is 88.6 Å². The third-order valence-corrected chi connectivity index (χ3v) is 7.47. The number of carbonyl (C=O) groups is 1. The molecule has 0 bridgehead atoms. The van der Waals surface area contributed by atoms with E-state index >= 15 is 0 Å². The van der Waals surface area contributed by atoms with Crippen LogP contribution in [0.25, 0.3) is 0 Å². The molecule has 1 aromatic heterocycles. The highest BCUT2D eigenvalue weighted by Crippen LogP contribution is 2.30. The zero-order valence-electron chi connectivity index (χ0n) is 16.3. The molecule has 0 radical (unpaired) electrons. The number of nitrogens with zero attached hydrogens (tertiary/aromatic N) is 2. The van der Waals surface area contributed by atoms with Crippen molar-refractivity contribution in [3.63, 3.8) is 0 Å². The molecule has 2 heterocycles. The molecule has 30 heavy (non-hydrogen) atoms. The van der Waals surface area contributed by atoms with E-state index in [9.17, 15) is 13.2 Å². The van der Waals surface area contributed by atoms with E-state index in [2.05, 4.69) is 10.3 Å². The molecule has 0 fully saturated rings. The Labute approximate surface area is 179 Å². The average molecular weight is 444 g/mol. The summed E-state index contributed by atoms with van der Waals surface area (Å²) in [6, 6.07) is 13.0. The lowest BCUT2D eigenvalue weighted by atomic mass is 9.95. The molecule has 0 spiro atoms. The molecule has 156 valence electrons. The monoisotopic (exact) mass is 443 g/mol. The summed E-state index contributed by atoms with van der Waals surface area (Å²) in [4.78, 5) is 17.2. The first-order valence-corrected chi connectivity index (χ1v) is 11.8. The van der Waals surface area contributed by atoms with Crippen LogP contribution in [0.5, 0.6) is 5.75 Å². The Morgan fingerprint density at radius 1 is 1.20 bits per heavy atom. The number of ether oxygens (including phenoxy) is 1. The molecule has 0 saturated heterocycles. The Morgan fingerprint density at radius 2 is 1.93 bits per heavy atom. The van der Waals surface area contributed by atoms with Crippen molar-refractivity contribution in [2.75, 3.05) is 11.9 Å². The van der Waals surface area contributed by atoms with Gasteiger partial charge in [0.25, 0.3) is 0 Å². The van der Waals surface area contributed by atoms with Crippen molar-refractivity contribution < 1.29 is 17.9 Å². The summed E-state index contributed by atoms with van der Waals surface area (Å²) in [6.07, 6.45) is 1.88. The standard InChI is InChI=1S/C21H21N3O4S2/c1-2-28-17-7-9-18(10-8-17)30(26,27)24-14-16-6-4-3-5-15(16)13-19(24)20(25)23-21-22-11-12-29-21/h3-12,19H,2,13-14H2,1H3,(H,22,23,25). The van der Waals surface area contributed by atoms with Crippen LogP contribution in [0, 0.1) is 0 Å². The van der Waals surface area contributed by atoms with Crippen LogP contribution < -0.4 is 10.1 Å². The van der Waals surface area contributed by atoms with E-state index in [0.29, 0.717) is 23.9 Å². The molecule has 1 aliphatic heterocycles. The molecule has 4 rings (SSSR count). The van der Waals surface area contributed by atoms with Crippen molar-refractivity contribution in [1.82, 2.24) is 9.29 Å². The maximum atomic E-state index is 13.5. The lowest BCUT2D eigenvalue weighted by molar-refractivity contribution is -0.120. The number of sulfonamides is 1. The first-order chi connectivity index (χ1) is 14.5. The molecular weight excluding hydrogens is 422 g/mol. The number of benzene rings is 2. The van der Waals surface area contributed by atoms with Gasteiger partial charge in [0.05, 0.1) is 11.5 Å². The van der Waals surface area contributed by atoms with Gasteiger partial charge in [-0.1, -0.05) is 24.3 Å². The van der Waals surface area contributed by atoms with Crippen molar-refractivity contribution in [2.45, 2.75) is 30.8 Å². The minimum atomic E-state index is -3.91. The van der Waals surface area contributed by atoms with Crippen molar-refractivity contribution in [3.05, 3.63) is 71.2 Å². The maximum Gasteiger partial charge on any atom is 0.244 e. The first-order valence-electron chi connectivity index (χ1n) is 9.51. The van der Waals surface area contributed by atoms with Crippen LogP contribution in [0.2, 0.25) is 0 Å². The van der Waals surface area contributed by atoms with E-state index in [0.717, 1.165) is 11.1 Å². The molecule has 9 heteroatoms. The van der Waals surface area contributed by atoms with Gasteiger partial charge in [0.15, 0.2) is 5.13 Å². The van der Waals surface area contributed by atoms with E-state index in [1.54, 1.807) is 23.7 Å². The van der Waals surface area contributed by atoms with Gasteiger partial charge in [-0.15, -0.1) is 11.3 Å². The normalized spacial score (nSPS) is 16.6. The number of rotatable bonds is 6. The van der Waals surface area contributed by atoms with Crippen LogP contribution in [0.3, 0.4) is 0 Å². The number of carbonyl (C=O) groups excluding carboxylic acids is 1. The highest BCUT2D eigenvalue weighted by Gasteiger charge is 2.39. The van der Waals surface area contributed by atoms with Crippen molar-refractivity contribution in [2.24, 2.45) is 0 Å². The number of nitrogens with one attached hydrogen (secondary N) is 1. The number of thiazole rings is 1. The van der Waals surface area contributed by atoms with Crippen molar-refractivity contribution in [1.29, 1.82) is 0 Å². The van der Waals surface area contributed by atoms with Crippen LogP contribution in [0.15, 0.2) is 65.0 Å². The summed E-state index contributed by atoms with van der Waals surface area (Å²) in [6.45, 7) is 2.48. The fraction of sp³-hybridized carbons (Fsp3) is 0.238. The van der Waals surface area contributed by atoms with E-state index < -0.39 is 22.0 Å². The van der Waals surface area contributed by atoms with Gasteiger partial charge in [0.1, 0.15) is 11.8 Å². The van der Waals surface area contributed by atoms with Gasteiger partial charge in [0.2, 0.25) is 15.9 Å². The summed E-state index contributed by atoms with van der Waals surface area (Å²) in [5.74, 6) is 0.201. The predicted molar refractivity (Wildman–Crippen MR) is 115 cm³/mol. The Bertz CT molecular complexity index is 1130. The molecule has 1 unspecified atom stereocenters. The van der Waals surface area contributed by atoms with Crippen LogP contribution >= 0.6 is 11.3 Å². The molecule has 0 aliphatic carbocycles. The van der Waals surface area contributed by atoms with Crippen LogP contribution in [0.1, 0.15) is 18.1 Å². The molecule has 0 saturated carbocycles. The van der Waals surface area contributed by atoms with Gasteiger partial charge in [-0.2, -0.15) is 4.31 Å². The molecule has 1 amide bonds. The first kappa shape index (κ1) is 20.5. The number of aromatic nitrogens is 1. The van der Waals surface area contributed by atoms with E-state index in [1.165, 1.54) is 27.8 Å². The van der Waals surface area contributed by atoms with E-state index in [1.807, 2.05) is 31.2 Å². The lowest BCUT2D eigenvalue weighted by Crippen LogP contribution is -2.50. The van der Waals surface area contributed by atoms with Gasteiger partial charge in [0, 0.05) is 18.1 Å². The Kier molecular flexibility index (Phi) is 5.85. The molecular formula is C21H21N3O4S2. The number of hydrogen-bond donors (Lipinski definition) is 1. The van der Waals surface area contributed by atoms with Crippen molar-refractivity contribution >= 4 is 32.4 Å². The lowest BCUT2D eigenvalue weighted by Gasteiger charge is -2.34. The summed E-state index contributed by atoms with van der Waals surface area (Å²) in [7, 11) is -3.91. The van der Waals surface area contributed by atoms with Gasteiger partial charge in [-0.3, -0.25) is 4.79 Å². The Hall–Kier alpha value is -2.75. The summed E-state index contributed by atoms with van der Waals surface area (Å²) in [5, 5.41) is 4.94. The number of anilines is 1. The third kappa shape index (κ3) is 4.09. The molecule has 1 aliphatic rings. The van der Waals surface area contributed by atoms with Gasteiger partial charge in [-0.05, 0) is 48.7 Å². The van der Waals surface area contributed by atoms with Crippen LogP contribution in [0.4, 0.5) is 5.13 Å². The Morgan fingerprint density at radius 3 is 2.60 bits per heavy atom. The third-order valence-electron chi connectivity index (χ3n) is 4.91. The second-order valence-corrected chi connectivity index (χ2v) is 9.55. The van der Waals surface area contributed by atoms with Gasteiger partial charge in [-0.25, -0.2) is 13.4 Å². The molecule has 2 aromatic carbocycles. The van der Waals surface area contributed by atoms with Crippen LogP contribution in [-0.2, 0) is 27.8 Å². The smallest absolute Gasteiger partial charge is 0.244 e. The second kappa shape index (κ2) is 8.55. The summed E-state index contributed by atoms with van der Waals surface area (Å²) in [5.41, 5.74) is 1.86. The average Bonchev–Trinajstić information content (AvgIpc) is 3.26. The number of amides is 1. The maximum absolute atomic E-state index is 13.5. The number of fused-ring (bicyclic) bond motifs is 1. The fourth-order valence-corrected chi connectivity index (χ4v) is 5.56. The van der Waals surface area contributed by atoms with Gasteiger partial charge < -0.3 is 10.1 Å². The summed E-state index contributed by atoms with van der Waals surface area (Å²) < 4.78 is 33.6.